The largest absolute Gasteiger partial charge is 0.338 e. The molecule has 0 radical (unpaired) electrons. The normalized spacial score (nSPS) is 12.1. The number of carbonyl (C=O) groups is 1. The number of urea groups is 1. The van der Waals surface area contributed by atoms with Gasteiger partial charge in [-0.1, -0.05) is 0 Å². The number of hydrogen-bond donors (Lipinski definition) is 2. The molecule has 2 heterocycles. The predicted molar refractivity (Wildman–Crippen MR) is 78.8 cm³/mol. The van der Waals surface area contributed by atoms with Crippen molar-refractivity contribution in [3.63, 3.8) is 0 Å². The molecule has 2 rings (SSSR count). The summed E-state index contributed by atoms with van der Waals surface area (Å²) >= 11 is 1.63. The molecule has 0 fully saturated rings. The van der Waals surface area contributed by atoms with Gasteiger partial charge in [0.05, 0.1) is 17.2 Å². The molecule has 7 heteroatoms. The van der Waals surface area contributed by atoms with Gasteiger partial charge in [0.1, 0.15) is 0 Å². The van der Waals surface area contributed by atoms with Crippen molar-refractivity contribution in [1.29, 1.82) is 0 Å². The number of thiazole rings is 1. The average molecular weight is 293 g/mol. The molecule has 2 aromatic heterocycles. The molecule has 2 aromatic rings. The summed E-state index contributed by atoms with van der Waals surface area (Å²) in [6, 6.07) is 1.73. The summed E-state index contributed by atoms with van der Waals surface area (Å²) in [5.74, 6) is 0. The van der Waals surface area contributed by atoms with E-state index in [0.717, 1.165) is 17.1 Å². The van der Waals surface area contributed by atoms with Crippen LogP contribution in [-0.4, -0.2) is 33.4 Å². The first kappa shape index (κ1) is 14.5. The fraction of sp³-hybridized carbons (Fsp3) is 0.462. The summed E-state index contributed by atoms with van der Waals surface area (Å²) in [6.45, 7) is 5.17. The van der Waals surface area contributed by atoms with E-state index >= 15 is 0 Å². The van der Waals surface area contributed by atoms with Gasteiger partial charge >= 0.3 is 6.03 Å². The fourth-order valence-corrected chi connectivity index (χ4v) is 2.48. The molecule has 0 aromatic carbocycles. The molecular weight excluding hydrogens is 274 g/mol. The van der Waals surface area contributed by atoms with Crippen molar-refractivity contribution in [2.45, 2.75) is 32.9 Å². The van der Waals surface area contributed by atoms with E-state index in [1.165, 1.54) is 0 Å². The van der Waals surface area contributed by atoms with Gasteiger partial charge < -0.3 is 10.6 Å². The smallest absolute Gasteiger partial charge is 0.315 e. The van der Waals surface area contributed by atoms with E-state index in [1.54, 1.807) is 22.2 Å². The third kappa shape index (κ3) is 4.65. The maximum atomic E-state index is 11.7. The highest BCUT2D eigenvalue weighted by Crippen LogP contribution is 2.07. The number of nitrogens with one attached hydrogen (secondary N) is 2. The van der Waals surface area contributed by atoms with Crippen LogP contribution in [0.3, 0.4) is 0 Å². The highest BCUT2D eigenvalue weighted by atomic mass is 32.1. The summed E-state index contributed by atoms with van der Waals surface area (Å²) in [7, 11) is 0. The highest BCUT2D eigenvalue weighted by Gasteiger charge is 2.07. The van der Waals surface area contributed by atoms with Gasteiger partial charge in [-0.25, -0.2) is 9.78 Å². The monoisotopic (exact) mass is 293 g/mol. The van der Waals surface area contributed by atoms with Gasteiger partial charge in [0.2, 0.25) is 0 Å². The lowest BCUT2D eigenvalue weighted by molar-refractivity contribution is 0.236. The van der Waals surface area contributed by atoms with E-state index in [9.17, 15) is 4.79 Å². The number of amides is 2. The van der Waals surface area contributed by atoms with E-state index < -0.39 is 0 Å². The second kappa shape index (κ2) is 7.04. The van der Waals surface area contributed by atoms with Crippen molar-refractivity contribution >= 4 is 17.4 Å². The highest BCUT2D eigenvalue weighted by molar-refractivity contribution is 7.09. The lowest BCUT2D eigenvalue weighted by atomic mass is 10.3. The SMILES string of the molecule is Cc1nc(CCNC(=O)N[C@@H](C)Cn2cccn2)cs1. The minimum absolute atomic E-state index is 0.0245. The van der Waals surface area contributed by atoms with Crippen molar-refractivity contribution in [3.05, 3.63) is 34.5 Å². The molecule has 0 unspecified atom stereocenters. The molecule has 0 saturated carbocycles. The topological polar surface area (TPSA) is 71.8 Å². The summed E-state index contributed by atoms with van der Waals surface area (Å²) in [5, 5.41) is 12.9. The zero-order chi connectivity index (χ0) is 14.4. The van der Waals surface area contributed by atoms with Crippen molar-refractivity contribution in [1.82, 2.24) is 25.4 Å². The predicted octanol–water partition coefficient (Wildman–Crippen LogP) is 1.58. The van der Waals surface area contributed by atoms with Crippen molar-refractivity contribution in [2.75, 3.05) is 6.54 Å². The van der Waals surface area contributed by atoms with Crippen LogP contribution in [0, 0.1) is 6.92 Å². The number of aromatic nitrogens is 3. The lowest BCUT2D eigenvalue weighted by Crippen LogP contribution is -2.43. The second-order valence-electron chi connectivity index (χ2n) is 4.64. The molecule has 0 aliphatic heterocycles. The Kier molecular flexibility index (Phi) is 5.11. The van der Waals surface area contributed by atoms with Gasteiger partial charge in [-0.3, -0.25) is 4.68 Å². The van der Waals surface area contributed by atoms with Crippen LogP contribution in [0.15, 0.2) is 23.8 Å². The molecule has 0 aliphatic carbocycles. The van der Waals surface area contributed by atoms with Gasteiger partial charge in [-0.15, -0.1) is 11.3 Å². The van der Waals surface area contributed by atoms with Crippen LogP contribution >= 0.6 is 11.3 Å². The summed E-state index contributed by atoms with van der Waals surface area (Å²) < 4.78 is 1.79. The van der Waals surface area contributed by atoms with Gasteiger partial charge in [0, 0.05) is 36.8 Å². The molecule has 0 aliphatic rings. The maximum Gasteiger partial charge on any atom is 0.315 e. The van der Waals surface area contributed by atoms with Crippen molar-refractivity contribution in [3.8, 4) is 0 Å². The molecule has 6 nitrogen and oxygen atoms in total. The van der Waals surface area contributed by atoms with Crippen LogP contribution in [0.4, 0.5) is 4.79 Å². The van der Waals surface area contributed by atoms with Crippen LogP contribution in [0.2, 0.25) is 0 Å². The van der Waals surface area contributed by atoms with E-state index in [0.29, 0.717) is 13.1 Å². The summed E-state index contributed by atoms with van der Waals surface area (Å²) in [5.41, 5.74) is 1.03. The lowest BCUT2D eigenvalue weighted by Gasteiger charge is -2.14. The van der Waals surface area contributed by atoms with Crippen LogP contribution in [0.25, 0.3) is 0 Å². The Morgan fingerprint density at radius 3 is 3.05 bits per heavy atom. The second-order valence-corrected chi connectivity index (χ2v) is 5.70. The minimum Gasteiger partial charge on any atom is -0.338 e. The summed E-state index contributed by atoms with van der Waals surface area (Å²) in [6.07, 6.45) is 4.36. The molecule has 1 atom stereocenters. The Balaban J connectivity index is 1.64. The van der Waals surface area contributed by atoms with Crippen molar-refractivity contribution in [2.24, 2.45) is 0 Å². The standard InChI is InChI=1S/C13H19N5OS/c1-10(8-18-7-3-5-15-18)16-13(19)14-6-4-12-9-20-11(2)17-12/h3,5,7,9-10H,4,6,8H2,1-2H3,(H2,14,16,19)/t10-/m0/s1. The molecule has 2 N–H and O–H groups in total. The van der Waals surface area contributed by atoms with Crippen molar-refractivity contribution < 1.29 is 4.79 Å². The number of carbonyl (C=O) groups excluding carboxylic acids is 1. The minimum atomic E-state index is -0.156. The Hall–Kier alpha value is -1.89. The van der Waals surface area contributed by atoms with Crippen LogP contribution in [0.5, 0.6) is 0 Å². The van der Waals surface area contributed by atoms with Crippen LogP contribution in [-0.2, 0) is 13.0 Å². The number of nitrogens with zero attached hydrogens (tertiary/aromatic N) is 3. The number of rotatable bonds is 6. The zero-order valence-corrected chi connectivity index (χ0v) is 12.5. The molecule has 108 valence electrons. The third-order valence-electron chi connectivity index (χ3n) is 2.73. The van der Waals surface area contributed by atoms with Gasteiger partial charge in [-0.05, 0) is 19.9 Å². The summed E-state index contributed by atoms with van der Waals surface area (Å²) in [4.78, 5) is 16.1. The number of aryl methyl sites for hydroxylation is 1. The van der Waals surface area contributed by atoms with Gasteiger partial charge in [0.15, 0.2) is 0 Å². The first-order valence-electron chi connectivity index (χ1n) is 6.56. The first-order chi connectivity index (χ1) is 9.63. The molecule has 20 heavy (non-hydrogen) atoms. The van der Waals surface area contributed by atoms with Gasteiger partial charge in [0.25, 0.3) is 0 Å². The molecule has 0 bridgehead atoms. The fourth-order valence-electron chi connectivity index (χ4n) is 1.84. The third-order valence-corrected chi connectivity index (χ3v) is 3.55. The van der Waals surface area contributed by atoms with Crippen LogP contribution in [0.1, 0.15) is 17.6 Å². The molecule has 0 spiro atoms. The number of hydrogen-bond acceptors (Lipinski definition) is 4. The first-order valence-corrected chi connectivity index (χ1v) is 7.44. The Morgan fingerprint density at radius 2 is 2.40 bits per heavy atom. The van der Waals surface area contributed by atoms with Crippen LogP contribution < -0.4 is 10.6 Å². The van der Waals surface area contributed by atoms with E-state index in [2.05, 4.69) is 20.7 Å². The Bertz CT molecular complexity index is 537. The maximum absolute atomic E-state index is 11.7. The molecule has 0 saturated heterocycles. The Morgan fingerprint density at radius 1 is 1.55 bits per heavy atom. The molecule has 2 amide bonds. The Labute approximate surface area is 122 Å². The van der Waals surface area contributed by atoms with Gasteiger partial charge in [-0.2, -0.15) is 5.10 Å². The quantitative estimate of drug-likeness (QED) is 0.849. The molecular formula is C13H19N5OS. The zero-order valence-electron chi connectivity index (χ0n) is 11.7. The average Bonchev–Trinajstić information content (AvgIpc) is 3.01. The van der Waals surface area contributed by atoms with E-state index in [-0.39, 0.29) is 12.1 Å². The van der Waals surface area contributed by atoms with E-state index in [1.807, 2.05) is 31.5 Å². The van der Waals surface area contributed by atoms with E-state index in [4.69, 9.17) is 0 Å².